The van der Waals surface area contributed by atoms with Crippen molar-refractivity contribution < 1.29 is 4.79 Å². The minimum Gasteiger partial charge on any atom is -0.356 e. The maximum Gasteiger partial charge on any atom is 0.222 e. The Morgan fingerprint density at radius 2 is 2.15 bits per heavy atom. The van der Waals surface area contributed by atoms with Gasteiger partial charge in [-0.25, -0.2) is 4.98 Å². The van der Waals surface area contributed by atoms with Gasteiger partial charge in [0.2, 0.25) is 5.91 Å². The largest absolute Gasteiger partial charge is 0.356 e. The van der Waals surface area contributed by atoms with Crippen LogP contribution in [-0.4, -0.2) is 54.5 Å². The summed E-state index contributed by atoms with van der Waals surface area (Å²) in [5.41, 5.74) is 1.13. The van der Waals surface area contributed by atoms with Gasteiger partial charge in [-0.3, -0.25) is 9.79 Å². The molecule has 0 spiro atoms. The van der Waals surface area contributed by atoms with Crippen molar-refractivity contribution in [1.82, 2.24) is 20.5 Å². The van der Waals surface area contributed by atoms with Gasteiger partial charge in [0.05, 0.1) is 0 Å². The monoisotopic (exact) mass is 493 g/mol. The lowest BCUT2D eigenvalue weighted by atomic mass is 10.1. The van der Waals surface area contributed by atoms with E-state index in [1.165, 1.54) is 0 Å². The fraction of sp³-hybridized carbons (Fsp3) is 0.611. The number of guanidine groups is 1. The van der Waals surface area contributed by atoms with Gasteiger partial charge in [0, 0.05) is 45.3 Å². The van der Waals surface area contributed by atoms with Crippen molar-refractivity contribution in [1.29, 1.82) is 0 Å². The summed E-state index contributed by atoms with van der Waals surface area (Å²) in [5.74, 6) is 1.08. The Kier molecular flexibility index (Phi) is 10.9. The first-order chi connectivity index (χ1) is 12.1. The summed E-state index contributed by atoms with van der Waals surface area (Å²) in [6.07, 6.45) is 6.26. The third kappa shape index (κ3) is 7.26. The number of carbonyl (C=O) groups excluding carboxylic acids is 1. The predicted octanol–water partition coefficient (Wildman–Crippen LogP) is 2.85. The van der Waals surface area contributed by atoms with E-state index in [4.69, 9.17) is 11.6 Å². The molecule has 1 saturated heterocycles. The van der Waals surface area contributed by atoms with E-state index in [2.05, 4.69) is 27.5 Å². The summed E-state index contributed by atoms with van der Waals surface area (Å²) in [4.78, 5) is 22.2. The minimum atomic E-state index is 0. The van der Waals surface area contributed by atoms with Crippen LogP contribution < -0.4 is 10.6 Å². The van der Waals surface area contributed by atoms with Crippen molar-refractivity contribution in [3.63, 3.8) is 0 Å². The number of hydrogen-bond donors (Lipinski definition) is 2. The average molecular weight is 494 g/mol. The fourth-order valence-electron chi connectivity index (χ4n) is 3.09. The van der Waals surface area contributed by atoms with Gasteiger partial charge in [-0.1, -0.05) is 24.6 Å². The van der Waals surface area contributed by atoms with Crippen LogP contribution in [0.4, 0.5) is 0 Å². The number of likely N-dealkylation sites (tertiary alicyclic amines) is 1. The highest BCUT2D eigenvalue weighted by Gasteiger charge is 2.26. The van der Waals surface area contributed by atoms with Gasteiger partial charge in [0.25, 0.3) is 0 Å². The summed E-state index contributed by atoms with van der Waals surface area (Å²) < 4.78 is 0. The van der Waals surface area contributed by atoms with Gasteiger partial charge in [-0.15, -0.1) is 24.0 Å². The van der Waals surface area contributed by atoms with Crippen LogP contribution in [0.5, 0.6) is 0 Å². The van der Waals surface area contributed by atoms with Crippen molar-refractivity contribution in [2.75, 3.05) is 26.7 Å². The van der Waals surface area contributed by atoms with E-state index in [1.54, 1.807) is 19.3 Å². The Hall–Kier alpha value is -1.09. The third-order valence-corrected chi connectivity index (χ3v) is 4.73. The van der Waals surface area contributed by atoms with Crippen LogP contribution in [0.25, 0.3) is 0 Å². The molecule has 1 amide bonds. The molecule has 1 aliphatic heterocycles. The Morgan fingerprint density at radius 3 is 2.73 bits per heavy atom. The van der Waals surface area contributed by atoms with Crippen LogP contribution in [0.1, 0.15) is 38.2 Å². The molecular formula is C18H29ClIN5O. The van der Waals surface area contributed by atoms with Crippen LogP contribution in [0.2, 0.25) is 5.15 Å². The molecule has 26 heavy (non-hydrogen) atoms. The van der Waals surface area contributed by atoms with Gasteiger partial charge < -0.3 is 15.5 Å². The second-order valence-corrected chi connectivity index (χ2v) is 6.59. The molecule has 2 rings (SSSR count). The number of carbonyl (C=O) groups is 1. The van der Waals surface area contributed by atoms with E-state index < -0.39 is 0 Å². The number of halogens is 2. The zero-order chi connectivity index (χ0) is 18.1. The number of aliphatic imine (C=N–C) groups is 1. The smallest absolute Gasteiger partial charge is 0.222 e. The molecule has 2 heterocycles. The zero-order valence-corrected chi connectivity index (χ0v) is 18.6. The van der Waals surface area contributed by atoms with Crippen molar-refractivity contribution >= 4 is 47.4 Å². The van der Waals surface area contributed by atoms with Crippen LogP contribution in [0.15, 0.2) is 23.3 Å². The Bertz CT molecular complexity index is 581. The number of amides is 1. The first-order valence-electron chi connectivity index (χ1n) is 8.98. The average Bonchev–Trinajstić information content (AvgIpc) is 3.04. The highest BCUT2D eigenvalue weighted by molar-refractivity contribution is 14.0. The molecule has 1 unspecified atom stereocenters. The zero-order valence-electron chi connectivity index (χ0n) is 15.5. The van der Waals surface area contributed by atoms with Gasteiger partial charge in [-0.2, -0.15) is 0 Å². The second kappa shape index (κ2) is 12.3. The molecule has 0 aromatic carbocycles. The molecular weight excluding hydrogens is 465 g/mol. The molecule has 1 aromatic heterocycles. The molecule has 2 N–H and O–H groups in total. The lowest BCUT2D eigenvalue weighted by Crippen LogP contribution is -2.42. The molecule has 0 bridgehead atoms. The number of nitrogens with one attached hydrogen (secondary N) is 2. The van der Waals surface area contributed by atoms with Crippen molar-refractivity contribution in [2.45, 2.75) is 45.1 Å². The fourth-order valence-corrected chi connectivity index (χ4v) is 3.20. The van der Waals surface area contributed by atoms with Crippen molar-refractivity contribution in [2.24, 2.45) is 4.99 Å². The molecule has 6 nitrogen and oxygen atoms in total. The Balaban J connectivity index is 0.00000338. The molecule has 8 heteroatoms. The predicted molar refractivity (Wildman–Crippen MR) is 117 cm³/mol. The topological polar surface area (TPSA) is 69.6 Å². The summed E-state index contributed by atoms with van der Waals surface area (Å²) in [6.45, 7) is 4.61. The first-order valence-corrected chi connectivity index (χ1v) is 9.36. The van der Waals surface area contributed by atoms with E-state index in [1.807, 2.05) is 11.0 Å². The van der Waals surface area contributed by atoms with Gasteiger partial charge in [0.15, 0.2) is 5.96 Å². The maximum atomic E-state index is 11.9. The number of nitrogens with zero attached hydrogens (tertiary/aromatic N) is 3. The lowest BCUT2D eigenvalue weighted by molar-refractivity contribution is -0.129. The van der Waals surface area contributed by atoms with Crippen molar-refractivity contribution in [3.05, 3.63) is 29.0 Å². The van der Waals surface area contributed by atoms with E-state index >= 15 is 0 Å². The van der Waals surface area contributed by atoms with E-state index in [0.717, 1.165) is 56.8 Å². The molecule has 0 aliphatic carbocycles. The quantitative estimate of drug-likeness (QED) is 0.253. The highest BCUT2D eigenvalue weighted by Crippen LogP contribution is 2.17. The summed E-state index contributed by atoms with van der Waals surface area (Å²) in [5, 5.41) is 7.14. The molecule has 1 aromatic rings. The number of rotatable bonds is 8. The molecule has 146 valence electrons. The summed E-state index contributed by atoms with van der Waals surface area (Å²) in [6, 6.07) is 4.10. The molecule has 1 aliphatic rings. The van der Waals surface area contributed by atoms with E-state index in [9.17, 15) is 4.79 Å². The van der Waals surface area contributed by atoms with E-state index in [0.29, 0.717) is 23.5 Å². The SMILES string of the molecule is CCC(CCNC(=NC)NCCc1ccc(Cl)nc1)N1CCCC1=O.I. The summed E-state index contributed by atoms with van der Waals surface area (Å²) in [7, 11) is 1.76. The highest BCUT2D eigenvalue weighted by atomic mass is 127. The van der Waals surface area contributed by atoms with Gasteiger partial charge in [-0.05, 0) is 37.3 Å². The number of pyridine rings is 1. The third-order valence-electron chi connectivity index (χ3n) is 4.51. The van der Waals surface area contributed by atoms with Gasteiger partial charge in [0.1, 0.15) is 5.15 Å². The van der Waals surface area contributed by atoms with Gasteiger partial charge >= 0.3 is 0 Å². The van der Waals surface area contributed by atoms with Crippen LogP contribution in [-0.2, 0) is 11.2 Å². The normalized spacial score (nSPS) is 15.6. The van der Waals surface area contributed by atoms with Crippen LogP contribution >= 0.6 is 35.6 Å². The van der Waals surface area contributed by atoms with E-state index in [-0.39, 0.29) is 24.0 Å². The van der Waals surface area contributed by atoms with Crippen LogP contribution in [0.3, 0.4) is 0 Å². The molecule has 0 saturated carbocycles. The second-order valence-electron chi connectivity index (χ2n) is 6.21. The van der Waals surface area contributed by atoms with Crippen LogP contribution in [0, 0.1) is 0 Å². The Labute approximate surface area is 178 Å². The first kappa shape index (κ1) is 23.0. The van der Waals surface area contributed by atoms with Crippen molar-refractivity contribution in [3.8, 4) is 0 Å². The number of aromatic nitrogens is 1. The summed E-state index contributed by atoms with van der Waals surface area (Å²) >= 11 is 5.79. The molecule has 1 fully saturated rings. The Morgan fingerprint density at radius 1 is 1.38 bits per heavy atom. The number of hydrogen-bond acceptors (Lipinski definition) is 3. The molecule has 1 atom stereocenters. The lowest BCUT2D eigenvalue weighted by Gasteiger charge is -2.27. The minimum absolute atomic E-state index is 0. The maximum absolute atomic E-state index is 11.9. The molecule has 0 radical (unpaired) electrons. The standard InChI is InChI=1S/C18H28ClN5O.HI/c1-3-15(24-12-4-5-17(24)25)9-11-22-18(20-2)21-10-8-14-6-7-16(19)23-13-14;/h6-7,13,15H,3-5,8-12H2,1-2H3,(H2,20,21,22);1H.